The molecule has 0 heterocycles. The summed E-state index contributed by atoms with van der Waals surface area (Å²) in [6.45, 7) is -0.229. The van der Waals surface area contributed by atoms with E-state index in [1.807, 2.05) is 30.3 Å². The van der Waals surface area contributed by atoms with E-state index in [1.165, 1.54) is 31.0 Å². The summed E-state index contributed by atoms with van der Waals surface area (Å²) in [7, 11) is -2.36. The minimum atomic E-state index is -3.70. The summed E-state index contributed by atoms with van der Waals surface area (Å²) in [5.74, 6) is 0.367. The summed E-state index contributed by atoms with van der Waals surface area (Å²) in [5, 5.41) is 1.77. The third-order valence-corrected chi connectivity index (χ3v) is 6.85. The van der Waals surface area contributed by atoms with Crippen LogP contribution in [0.5, 0.6) is 5.75 Å². The van der Waals surface area contributed by atoms with Gasteiger partial charge in [-0.25, -0.2) is 8.42 Å². The molecule has 0 saturated heterocycles. The van der Waals surface area contributed by atoms with Crippen molar-refractivity contribution in [3.05, 3.63) is 65.1 Å². The van der Waals surface area contributed by atoms with Gasteiger partial charge < -0.3 is 9.47 Å². The van der Waals surface area contributed by atoms with Crippen LogP contribution in [0, 0.1) is 0 Å². The highest BCUT2D eigenvalue weighted by Gasteiger charge is 2.14. The number of thioether (sulfide) groups is 1. The number of rotatable bonds is 8. The normalized spacial score (nSPS) is 11.4. The average molecular weight is 496 g/mol. The van der Waals surface area contributed by atoms with Crippen LogP contribution in [0.25, 0.3) is 10.8 Å². The first kappa shape index (κ1) is 21.6. The maximum atomic E-state index is 12.4. The molecule has 0 unspecified atom stereocenters. The second-order valence-electron chi connectivity index (χ2n) is 5.90. The third-order valence-electron chi connectivity index (χ3n) is 3.98. The summed E-state index contributed by atoms with van der Waals surface area (Å²) in [4.78, 5) is 12.4. The summed E-state index contributed by atoms with van der Waals surface area (Å²) < 4.78 is 38.5. The van der Waals surface area contributed by atoms with Gasteiger partial charge in [0.15, 0.2) is 6.73 Å². The molecular formula is C20H18BrNO5S2. The van der Waals surface area contributed by atoms with Gasteiger partial charge in [-0.15, -0.1) is 11.8 Å². The number of carbonyl (C=O) groups is 1. The first-order chi connectivity index (χ1) is 13.9. The summed E-state index contributed by atoms with van der Waals surface area (Å²) in [6, 6.07) is 17.7. The fraction of sp³-hybridized carbons (Fsp3) is 0.150. The fourth-order valence-electron chi connectivity index (χ4n) is 2.53. The Morgan fingerprint density at radius 1 is 1.10 bits per heavy atom. The highest BCUT2D eigenvalue weighted by atomic mass is 79.9. The minimum Gasteiger partial charge on any atom is -0.477 e. The van der Waals surface area contributed by atoms with Crippen molar-refractivity contribution in [3.63, 3.8) is 0 Å². The zero-order chi connectivity index (χ0) is 20.9. The van der Waals surface area contributed by atoms with E-state index in [2.05, 4.69) is 25.4 Å². The molecule has 0 amide bonds. The molecule has 1 N–H and O–H groups in total. The van der Waals surface area contributed by atoms with E-state index in [1.54, 1.807) is 18.2 Å². The van der Waals surface area contributed by atoms with Crippen molar-refractivity contribution in [1.82, 2.24) is 4.72 Å². The number of methoxy groups -OCH3 is 1. The van der Waals surface area contributed by atoms with Crippen LogP contribution in [-0.4, -0.2) is 34.0 Å². The Balaban J connectivity index is 1.76. The molecule has 9 heteroatoms. The second kappa shape index (κ2) is 9.62. The molecule has 0 radical (unpaired) electrons. The molecule has 0 saturated carbocycles. The average Bonchev–Trinajstić information content (AvgIpc) is 2.72. The molecule has 3 aromatic rings. The first-order valence-corrected chi connectivity index (χ1v) is 11.8. The number of carbonyl (C=O) groups excluding carboxylic acids is 1. The van der Waals surface area contributed by atoms with Crippen LogP contribution in [0.2, 0.25) is 0 Å². The van der Waals surface area contributed by atoms with Gasteiger partial charge in [-0.3, -0.25) is 4.79 Å². The van der Waals surface area contributed by atoms with Crippen molar-refractivity contribution >= 4 is 54.5 Å². The fourth-order valence-corrected chi connectivity index (χ4v) is 4.48. The molecule has 29 heavy (non-hydrogen) atoms. The molecule has 0 atom stereocenters. The van der Waals surface area contributed by atoms with Gasteiger partial charge in [0, 0.05) is 14.8 Å². The van der Waals surface area contributed by atoms with Crippen LogP contribution in [0.1, 0.15) is 0 Å². The number of ether oxygens (including phenoxy) is 2. The third kappa shape index (κ3) is 5.72. The van der Waals surface area contributed by atoms with Crippen molar-refractivity contribution in [1.29, 1.82) is 0 Å². The van der Waals surface area contributed by atoms with Gasteiger partial charge in [0.25, 0.3) is 0 Å². The van der Waals surface area contributed by atoms with Crippen LogP contribution in [0.3, 0.4) is 0 Å². The van der Waals surface area contributed by atoms with Crippen LogP contribution < -0.4 is 9.46 Å². The Bertz CT molecular complexity index is 1120. The van der Waals surface area contributed by atoms with E-state index in [4.69, 9.17) is 4.74 Å². The molecule has 0 aliphatic carbocycles. The molecule has 0 fully saturated rings. The minimum absolute atomic E-state index is 0.150. The van der Waals surface area contributed by atoms with Gasteiger partial charge in [0.05, 0.1) is 17.8 Å². The quantitative estimate of drug-likeness (QED) is 0.286. The van der Waals surface area contributed by atoms with E-state index in [0.717, 1.165) is 20.1 Å². The molecule has 6 nitrogen and oxygen atoms in total. The number of esters is 1. The van der Waals surface area contributed by atoms with Crippen LogP contribution in [0.15, 0.2) is 74.9 Å². The Kier molecular flexibility index (Phi) is 7.18. The molecule has 0 bridgehead atoms. The molecule has 3 rings (SSSR count). The smallest absolute Gasteiger partial charge is 0.315 e. The second-order valence-corrected chi connectivity index (χ2v) is 9.63. The highest BCUT2D eigenvalue weighted by molar-refractivity contribution is 9.10. The molecule has 3 aromatic carbocycles. The Morgan fingerprint density at radius 3 is 2.55 bits per heavy atom. The SMILES string of the molecule is COC(=O)CSc1cc(OCNS(=O)(=O)c2ccc(Br)cc2)c2ccccc2c1. The summed E-state index contributed by atoms with van der Waals surface area (Å²) >= 11 is 4.60. The summed E-state index contributed by atoms with van der Waals surface area (Å²) in [6.07, 6.45) is 0. The van der Waals surface area contributed by atoms with Crippen LogP contribution in [0.4, 0.5) is 0 Å². The number of halogens is 1. The highest BCUT2D eigenvalue weighted by Crippen LogP contribution is 2.32. The number of benzene rings is 3. The molecule has 0 aromatic heterocycles. The lowest BCUT2D eigenvalue weighted by atomic mass is 10.1. The summed E-state index contributed by atoms with van der Waals surface area (Å²) in [5.41, 5.74) is 0. The predicted octanol–water partition coefficient (Wildman–Crippen LogP) is 4.18. The first-order valence-electron chi connectivity index (χ1n) is 8.49. The zero-order valence-electron chi connectivity index (χ0n) is 15.4. The largest absolute Gasteiger partial charge is 0.477 e. The molecule has 0 aliphatic rings. The van der Waals surface area contributed by atoms with Crippen molar-refractivity contribution in [2.24, 2.45) is 0 Å². The van der Waals surface area contributed by atoms with Crippen LogP contribution >= 0.6 is 27.7 Å². The van der Waals surface area contributed by atoms with E-state index in [9.17, 15) is 13.2 Å². The number of hydrogen-bond donors (Lipinski definition) is 1. The van der Waals surface area contributed by atoms with Gasteiger partial charge in [-0.1, -0.05) is 40.2 Å². The van der Waals surface area contributed by atoms with Gasteiger partial charge >= 0.3 is 5.97 Å². The standard InChI is InChI=1S/C20H18BrNO5S2/c1-26-20(23)12-28-16-10-14-4-2-3-5-18(14)19(11-16)27-13-22-29(24,25)17-8-6-15(21)7-9-17/h2-11,22H,12-13H2,1H3. The van der Waals surface area contributed by atoms with Gasteiger partial charge in [0.2, 0.25) is 10.0 Å². The Labute approximate surface area is 181 Å². The van der Waals surface area contributed by atoms with Gasteiger partial charge in [0.1, 0.15) is 5.75 Å². The maximum Gasteiger partial charge on any atom is 0.315 e. The van der Waals surface area contributed by atoms with Gasteiger partial charge in [-0.05, 0) is 41.8 Å². The number of hydrogen-bond acceptors (Lipinski definition) is 6. The van der Waals surface area contributed by atoms with E-state index < -0.39 is 10.0 Å². The number of nitrogens with one attached hydrogen (secondary N) is 1. The van der Waals surface area contributed by atoms with Gasteiger partial charge in [-0.2, -0.15) is 4.72 Å². The lowest BCUT2D eigenvalue weighted by molar-refractivity contribution is -0.137. The number of fused-ring (bicyclic) bond motifs is 1. The molecule has 152 valence electrons. The number of sulfonamides is 1. The molecular weight excluding hydrogens is 478 g/mol. The molecule has 0 spiro atoms. The van der Waals surface area contributed by atoms with Crippen molar-refractivity contribution < 1.29 is 22.7 Å². The van der Waals surface area contributed by atoms with Crippen molar-refractivity contribution in [2.45, 2.75) is 9.79 Å². The van der Waals surface area contributed by atoms with Crippen LogP contribution in [-0.2, 0) is 19.6 Å². The Morgan fingerprint density at radius 2 is 1.83 bits per heavy atom. The van der Waals surface area contributed by atoms with E-state index in [0.29, 0.717) is 5.75 Å². The topological polar surface area (TPSA) is 81.7 Å². The predicted molar refractivity (Wildman–Crippen MR) is 117 cm³/mol. The lowest BCUT2D eigenvalue weighted by Crippen LogP contribution is -2.28. The Hall–Kier alpha value is -2.07. The monoisotopic (exact) mass is 495 g/mol. The maximum absolute atomic E-state index is 12.4. The van der Waals surface area contributed by atoms with E-state index in [-0.39, 0.29) is 23.3 Å². The van der Waals surface area contributed by atoms with Crippen molar-refractivity contribution in [2.75, 3.05) is 19.6 Å². The molecule has 0 aliphatic heterocycles. The zero-order valence-corrected chi connectivity index (χ0v) is 18.6. The van der Waals surface area contributed by atoms with E-state index >= 15 is 0 Å². The lowest BCUT2D eigenvalue weighted by Gasteiger charge is -2.13. The van der Waals surface area contributed by atoms with Crippen molar-refractivity contribution in [3.8, 4) is 5.75 Å².